The van der Waals surface area contributed by atoms with Crippen LogP contribution in [0, 0.1) is 0 Å². The van der Waals surface area contributed by atoms with Crippen LogP contribution in [0.1, 0.15) is 26.5 Å². The zero-order valence-corrected chi connectivity index (χ0v) is 10.2. The highest BCUT2D eigenvalue weighted by atomic mass is 19.4. The summed E-state index contributed by atoms with van der Waals surface area (Å²) in [6.45, 7) is 5.68. The Hall–Kier alpha value is -1.79. The Kier molecular flexibility index (Phi) is 2.71. The van der Waals surface area contributed by atoms with Crippen LogP contribution >= 0.6 is 0 Å². The van der Waals surface area contributed by atoms with Crippen LogP contribution in [0.2, 0.25) is 0 Å². The van der Waals surface area contributed by atoms with Gasteiger partial charge >= 0.3 is 6.18 Å². The van der Waals surface area contributed by atoms with Crippen LogP contribution in [0.15, 0.2) is 18.6 Å². The van der Waals surface area contributed by atoms with Gasteiger partial charge in [0, 0.05) is 24.1 Å². The Labute approximate surface area is 102 Å². The number of nitrogens with zero attached hydrogens (tertiary/aromatic N) is 3. The van der Waals surface area contributed by atoms with Gasteiger partial charge in [0.05, 0.1) is 0 Å². The fourth-order valence-electron chi connectivity index (χ4n) is 1.50. The van der Waals surface area contributed by atoms with Gasteiger partial charge in [-0.25, -0.2) is 9.97 Å². The van der Waals surface area contributed by atoms with E-state index in [4.69, 9.17) is 0 Å². The van der Waals surface area contributed by atoms with Gasteiger partial charge in [-0.2, -0.15) is 13.2 Å². The molecule has 18 heavy (non-hydrogen) atoms. The van der Waals surface area contributed by atoms with Gasteiger partial charge in [0.15, 0.2) is 17.2 Å². The van der Waals surface area contributed by atoms with Gasteiger partial charge in [-0.3, -0.25) is 0 Å². The molecule has 0 atom stereocenters. The average molecular weight is 258 g/mol. The lowest BCUT2D eigenvalue weighted by Gasteiger charge is -2.21. The van der Waals surface area contributed by atoms with E-state index in [1.165, 1.54) is 16.8 Å². The van der Waals surface area contributed by atoms with Crippen molar-refractivity contribution < 1.29 is 13.2 Å². The molecule has 1 N–H and O–H groups in total. The third-order valence-corrected chi connectivity index (χ3v) is 2.16. The first-order valence-electron chi connectivity index (χ1n) is 5.36. The maximum absolute atomic E-state index is 12.6. The van der Waals surface area contributed by atoms with Crippen molar-refractivity contribution in [3.63, 3.8) is 0 Å². The number of hydrogen-bond donors (Lipinski definition) is 1. The molecule has 0 radical (unpaired) electrons. The van der Waals surface area contributed by atoms with Crippen molar-refractivity contribution in [2.75, 3.05) is 5.32 Å². The molecule has 98 valence electrons. The summed E-state index contributed by atoms with van der Waals surface area (Å²) < 4.78 is 39.0. The smallest absolute Gasteiger partial charge is 0.362 e. The second kappa shape index (κ2) is 3.86. The van der Waals surface area contributed by atoms with Gasteiger partial charge < -0.3 is 9.72 Å². The van der Waals surface area contributed by atoms with E-state index in [0.717, 1.165) is 6.20 Å². The predicted molar refractivity (Wildman–Crippen MR) is 61.4 cm³/mol. The lowest BCUT2D eigenvalue weighted by molar-refractivity contribution is -0.140. The minimum Gasteiger partial charge on any atom is -0.362 e. The normalized spacial score (nSPS) is 13.0. The standard InChI is InChI=1S/C11H13F3N4/c1-10(2,3)17-8-9-16-7(11(12,13)14)6-18(9)5-4-15-8/h4-6H,1-3H3,(H,15,17). The second-order valence-electron chi connectivity index (χ2n) is 5.01. The molecule has 7 heteroatoms. The molecule has 0 unspecified atom stereocenters. The highest BCUT2D eigenvalue weighted by Gasteiger charge is 2.34. The van der Waals surface area contributed by atoms with Gasteiger partial charge in [-0.1, -0.05) is 0 Å². The molecule has 0 bridgehead atoms. The van der Waals surface area contributed by atoms with E-state index in [-0.39, 0.29) is 11.2 Å². The van der Waals surface area contributed by atoms with Gasteiger partial charge in [0.25, 0.3) is 0 Å². The molecular formula is C11H13F3N4. The van der Waals surface area contributed by atoms with E-state index in [0.29, 0.717) is 5.82 Å². The van der Waals surface area contributed by atoms with E-state index in [2.05, 4.69) is 15.3 Å². The van der Waals surface area contributed by atoms with E-state index >= 15 is 0 Å². The Morgan fingerprint density at radius 1 is 1.22 bits per heavy atom. The Morgan fingerprint density at radius 2 is 1.89 bits per heavy atom. The van der Waals surface area contributed by atoms with Crippen molar-refractivity contribution in [2.24, 2.45) is 0 Å². The van der Waals surface area contributed by atoms with Crippen molar-refractivity contribution in [3.8, 4) is 0 Å². The number of hydrogen-bond acceptors (Lipinski definition) is 3. The first-order valence-corrected chi connectivity index (χ1v) is 5.36. The summed E-state index contributed by atoms with van der Waals surface area (Å²) in [4.78, 5) is 7.61. The third kappa shape index (κ3) is 2.55. The second-order valence-corrected chi connectivity index (χ2v) is 5.01. The SMILES string of the molecule is CC(C)(C)Nc1nccn2cc(C(F)(F)F)nc12. The summed E-state index contributed by atoms with van der Waals surface area (Å²) >= 11 is 0. The van der Waals surface area contributed by atoms with Crippen LogP contribution in [-0.4, -0.2) is 19.9 Å². The zero-order chi connectivity index (χ0) is 13.6. The van der Waals surface area contributed by atoms with Crippen molar-refractivity contribution >= 4 is 11.5 Å². The molecule has 0 aliphatic rings. The Morgan fingerprint density at radius 3 is 2.44 bits per heavy atom. The molecule has 2 heterocycles. The van der Waals surface area contributed by atoms with Gasteiger partial charge in [-0.15, -0.1) is 0 Å². The summed E-state index contributed by atoms with van der Waals surface area (Å²) in [5.74, 6) is 0.334. The third-order valence-electron chi connectivity index (χ3n) is 2.16. The number of aromatic nitrogens is 3. The minimum absolute atomic E-state index is 0.166. The molecule has 0 aliphatic heterocycles. The fraction of sp³-hybridized carbons (Fsp3) is 0.455. The molecule has 0 saturated heterocycles. The van der Waals surface area contributed by atoms with Crippen LogP contribution in [-0.2, 0) is 6.18 Å². The minimum atomic E-state index is -4.45. The maximum Gasteiger partial charge on any atom is 0.434 e. The highest BCUT2D eigenvalue weighted by molar-refractivity contribution is 5.63. The maximum atomic E-state index is 12.6. The van der Waals surface area contributed by atoms with Crippen LogP contribution in [0.5, 0.6) is 0 Å². The van der Waals surface area contributed by atoms with Gasteiger partial charge in [0.2, 0.25) is 0 Å². The number of alkyl halides is 3. The summed E-state index contributed by atoms with van der Waals surface area (Å²) in [5, 5.41) is 3.03. The monoisotopic (exact) mass is 258 g/mol. The summed E-state index contributed by atoms with van der Waals surface area (Å²) in [6.07, 6.45) is -0.635. The van der Waals surface area contributed by atoms with E-state index < -0.39 is 11.9 Å². The van der Waals surface area contributed by atoms with Gasteiger partial charge in [0.1, 0.15) is 0 Å². The van der Waals surface area contributed by atoms with E-state index in [1.54, 1.807) is 0 Å². The van der Waals surface area contributed by atoms with Crippen molar-refractivity contribution in [1.29, 1.82) is 0 Å². The molecule has 0 fully saturated rings. The lowest BCUT2D eigenvalue weighted by Crippen LogP contribution is -2.27. The number of rotatable bonds is 1. The van der Waals surface area contributed by atoms with Crippen LogP contribution in [0.3, 0.4) is 0 Å². The quantitative estimate of drug-likeness (QED) is 0.855. The highest BCUT2D eigenvalue weighted by Crippen LogP contribution is 2.29. The molecule has 2 aromatic rings. The molecular weight excluding hydrogens is 245 g/mol. The topological polar surface area (TPSA) is 42.2 Å². The molecule has 0 saturated carbocycles. The number of imidazole rings is 1. The molecule has 2 aromatic heterocycles. The number of anilines is 1. The molecule has 4 nitrogen and oxygen atoms in total. The summed E-state index contributed by atoms with van der Waals surface area (Å²) in [6, 6.07) is 0. The molecule has 0 amide bonds. The van der Waals surface area contributed by atoms with Crippen LogP contribution in [0.4, 0.5) is 19.0 Å². The predicted octanol–water partition coefficient (Wildman–Crippen LogP) is 2.96. The summed E-state index contributed by atoms with van der Waals surface area (Å²) in [7, 11) is 0. The van der Waals surface area contributed by atoms with E-state index in [1.807, 2.05) is 20.8 Å². The average Bonchev–Trinajstić information content (AvgIpc) is 2.59. The Balaban J connectivity index is 2.53. The molecule has 0 aromatic carbocycles. The van der Waals surface area contributed by atoms with Crippen molar-refractivity contribution in [1.82, 2.24) is 14.4 Å². The summed E-state index contributed by atoms with van der Waals surface area (Å²) in [5.41, 5.74) is -1.06. The Bertz CT molecular complexity index is 566. The fourth-order valence-corrected chi connectivity index (χ4v) is 1.50. The lowest BCUT2D eigenvalue weighted by atomic mass is 10.1. The van der Waals surface area contributed by atoms with Gasteiger partial charge in [-0.05, 0) is 20.8 Å². The van der Waals surface area contributed by atoms with Crippen LogP contribution in [0.25, 0.3) is 5.65 Å². The van der Waals surface area contributed by atoms with Crippen LogP contribution < -0.4 is 5.32 Å². The van der Waals surface area contributed by atoms with Crippen molar-refractivity contribution in [3.05, 3.63) is 24.3 Å². The zero-order valence-electron chi connectivity index (χ0n) is 10.2. The first-order chi connectivity index (χ1) is 8.17. The molecule has 0 aliphatic carbocycles. The molecule has 0 spiro atoms. The number of nitrogens with one attached hydrogen (secondary N) is 1. The van der Waals surface area contributed by atoms with E-state index in [9.17, 15) is 13.2 Å². The first kappa shape index (κ1) is 12.7. The number of halogens is 3. The largest absolute Gasteiger partial charge is 0.434 e. The number of fused-ring (bicyclic) bond motifs is 1. The van der Waals surface area contributed by atoms with Crippen molar-refractivity contribution in [2.45, 2.75) is 32.5 Å². The molecule has 2 rings (SSSR count).